The molecule has 1 unspecified atom stereocenters. The van der Waals surface area contributed by atoms with Gasteiger partial charge in [0.25, 0.3) is 0 Å². The minimum absolute atomic E-state index is 0.00941. The van der Waals surface area contributed by atoms with Crippen molar-refractivity contribution in [1.82, 2.24) is 5.32 Å². The van der Waals surface area contributed by atoms with Crippen LogP contribution in [-0.2, 0) is 0 Å². The summed E-state index contributed by atoms with van der Waals surface area (Å²) in [5.74, 6) is 0.758. The zero-order chi connectivity index (χ0) is 16.9. The number of nitrogens with one attached hydrogen (secondary N) is 1. The molecule has 4 heteroatoms. The van der Waals surface area contributed by atoms with Gasteiger partial charge in [0.15, 0.2) is 12.0 Å². The number of halogens is 1. The molecule has 0 spiro atoms. The zero-order valence-electron chi connectivity index (χ0n) is 13.5. The molecule has 0 heterocycles. The van der Waals surface area contributed by atoms with E-state index in [9.17, 15) is 4.79 Å². The molecule has 3 nitrogen and oxygen atoms in total. The summed E-state index contributed by atoms with van der Waals surface area (Å²) in [5.41, 5.74) is 1.33. The SMILES string of the molecule is CC=CC(NC1CC1)Oc1ccc(C(=O)c2ccc(Br)cc2)cc1. The van der Waals surface area contributed by atoms with Crippen molar-refractivity contribution in [2.75, 3.05) is 0 Å². The number of hydrogen-bond donors (Lipinski definition) is 1. The predicted molar refractivity (Wildman–Crippen MR) is 99.4 cm³/mol. The van der Waals surface area contributed by atoms with E-state index in [1.807, 2.05) is 67.6 Å². The van der Waals surface area contributed by atoms with Crippen LogP contribution in [0.5, 0.6) is 5.75 Å². The number of ether oxygens (including phenoxy) is 1. The molecule has 24 heavy (non-hydrogen) atoms. The van der Waals surface area contributed by atoms with Gasteiger partial charge in [-0.2, -0.15) is 0 Å². The smallest absolute Gasteiger partial charge is 0.193 e. The molecule has 1 fully saturated rings. The van der Waals surface area contributed by atoms with Crippen LogP contribution in [0.4, 0.5) is 0 Å². The van der Waals surface area contributed by atoms with Crippen molar-refractivity contribution in [3.05, 3.63) is 76.3 Å². The highest BCUT2D eigenvalue weighted by Crippen LogP contribution is 2.22. The quantitative estimate of drug-likeness (QED) is 0.425. The Balaban J connectivity index is 1.67. The second-order valence-electron chi connectivity index (χ2n) is 5.87. The van der Waals surface area contributed by atoms with E-state index in [2.05, 4.69) is 21.2 Å². The lowest BCUT2D eigenvalue weighted by Crippen LogP contribution is -2.34. The van der Waals surface area contributed by atoms with E-state index in [0.29, 0.717) is 17.2 Å². The van der Waals surface area contributed by atoms with Gasteiger partial charge in [0.05, 0.1) is 0 Å². The van der Waals surface area contributed by atoms with Gasteiger partial charge in [-0.15, -0.1) is 0 Å². The number of allylic oxidation sites excluding steroid dienone is 1. The van der Waals surface area contributed by atoms with Crippen LogP contribution in [0.25, 0.3) is 0 Å². The van der Waals surface area contributed by atoms with Gasteiger partial charge >= 0.3 is 0 Å². The minimum Gasteiger partial charge on any atom is -0.472 e. The summed E-state index contributed by atoms with van der Waals surface area (Å²) in [4.78, 5) is 12.5. The Hall–Kier alpha value is -1.91. The summed E-state index contributed by atoms with van der Waals surface area (Å²) in [6.07, 6.45) is 6.26. The lowest BCUT2D eigenvalue weighted by atomic mass is 10.0. The van der Waals surface area contributed by atoms with Crippen molar-refractivity contribution in [1.29, 1.82) is 0 Å². The number of hydrogen-bond acceptors (Lipinski definition) is 3. The molecule has 2 aromatic carbocycles. The third-order valence-electron chi connectivity index (χ3n) is 3.83. The van der Waals surface area contributed by atoms with Crippen LogP contribution in [0.3, 0.4) is 0 Å². The highest BCUT2D eigenvalue weighted by atomic mass is 79.9. The van der Waals surface area contributed by atoms with Crippen molar-refractivity contribution in [3.8, 4) is 5.75 Å². The zero-order valence-corrected chi connectivity index (χ0v) is 15.1. The molecule has 3 rings (SSSR count). The van der Waals surface area contributed by atoms with E-state index in [0.717, 1.165) is 10.2 Å². The summed E-state index contributed by atoms with van der Waals surface area (Å²) in [6.45, 7) is 1.98. The van der Waals surface area contributed by atoms with Crippen LogP contribution in [0, 0.1) is 0 Å². The Kier molecular flexibility index (Phi) is 5.48. The summed E-state index contributed by atoms with van der Waals surface area (Å²) in [5, 5.41) is 3.43. The second kappa shape index (κ2) is 7.77. The van der Waals surface area contributed by atoms with Gasteiger partial charge < -0.3 is 4.74 Å². The molecule has 0 amide bonds. The lowest BCUT2D eigenvalue weighted by molar-refractivity contribution is 0.103. The van der Waals surface area contributed by atoms with Gasteiger partial charge in [-0.25, -0.2) is 0 Å². The van der Waals surface area contributed by atoms with Crippen molar-refractivity contribution < 1.29 is 9.53 Å². The van der Waals surface area contributed by atoms with Crippen LogP contribution >= 0.6 is 15.9 Å². The molecule has 1 aliphatic carbocycles. The van der Waals surface area contributed by atoms with E-state index in [1.165, 1.54) is 12.8 Å². The average Bonchev–Trinajstić information content (AvgIpc) is 3.40. The molecular formula is C20H20BrNO2. The van der Waals surface area contributed by atoms with Gasteiger partial charge in [-0.05, 0) is 74.4 Å². The number of benzene rings is 2. The maximum Gasteiger partial charge on any atom is 0.193 e. The monoisotopic (exact) mass is 385 g/mol. The maximum absolute atomic E-state index is 12.5. The molecule has 0 aliphatic heterocycles. The Morgan fingerprint density at radius 3 is 2.25 bits per heavy atom. The molecule has 1 saturated carbocycles. The lowest BCUT2D eigenvalue weighted by Gasteiger charge is -2.17. The average molecular weight is 386 g/mol. The molecule has 1 atom stereocenters. The van der Waals surface area contributed by atoms with Gasteiger partial charge in [-0.1, -0.05) is 22.0 Å². The predicted octanol–water partition coefficient (Wildman–Crippen LogP) is 4.71. The first-order chi connectivity index (χ1) is 11.7. The van der Waals surface area contributed by atoms with Crippen LogP contribution < -0.4 is 10.1 Å². The highest BCUT2D eigenvalue weighted by molar-refractivity contribution is 9.10. The Morgan fingerprint density at radius 1 is 1.12 bits per heavy atom. The van der Waals surface area contributed by atoms with Gasteiger partial charge in [0.1, 0.15) is 5.75 Å². The summed E-state index contributed by atoms with van der Waals surface area (Å²) in [6, 6.07) is 15.2. The first kappa shape index (κ1) is 16.9. The van der Waals surface area contributed by atoms with Gasteiger partial charge in [-0.3, -0.25) is 10.1 Å². The molecule has 124 valence electrons. The molecule has 0 saturated heterocycles. The first-order valence-corrected chi connectivity index (χ1v) is 8.91. The van der Waals surface area contributed by atoms with E-state index < -0.39 is 0 Å². The Labute approximate surface area is 150 Å². The molecule has 0 aromatic heterocycles. The van der Waals surface area contributed by atoms with Gasteiger partial charge in [0.2, 0.25) is 0 Å². The molecule has 0 radical (unpaired) electrons. The summed E-state index contributed by atoms with van der Waals surface area (Å²) in [7, 11) is 0. The van der Waals surface area contributed by atoms with E-state index in [-0.39, 0.29) is 12.0 Å². The van der Waals surface area contributed by atoms with Crippen LogP contribution in [0.15, 0.2) is 65.2 Å². The Morgan fingerprint density at radius 2 is 1.71 bits per heavy atom. The number of carbonyl (C=O) groups excluding carboxylic acids is 1. The van der Waals surface area contributed by atoms with Crippen molar-refractivity contribution in [2.45, 2.75) is 32.0 Å². The van der Waals surface area contributed by atoms with Gasteiger partial charge in [0, 0.05) is 21.6 Å². The molecular weight excluding hydrogens is 366 g/mol. The fourth-order valence-electron chi connectivity index (χ4n) is 2.39. The van der Waals surface area contributed by atoms with Crippen molar-refractivity contribution >= 4 is 21.7 Å². The topological polar surface area (TPSA) is 38.3 Å². The van der Waals surface area contributed by atoms with Crippen LogP contribution in [-0.4, -0.2) is 18.1 Å². The van der Waals surface area contributed by atoms with Crippen LogP contribution in [0.1, 0.15) is 35.7 Å². The summed E-state index contributed by atoms with van der Waals surface area (Å²) < 4.78 is 6.91. The molecule has 0 bridgehead atoms. The Bertz CT molecular complexity index is 718. The van der Waals surface area contributed by atoms with Crippen molar-refractivity contribution in [3.63, 3.8) is 0 Å². The standard InChI is InChI=1S/C20H20BrNO2/c1-2-3-19(22-17-10-11-17)24-18-12-6-15(7-13-18)20(23)14-4-8-16(21)9-5-14/h2-9,12-13,17,19,22H,10-11H2,1H3. The van der Waals surface area contributed by atoms with Crippen molar-refractivity contribution in [2.24, 2.45) is 0 Å². The third-order valence-corrected chi connectivity index (χ3v) is 4.36. The van der Waals surface area contributed by atoms with E-state index in [4.69, 9.17) is 4.74 Å². The number of ketones is 1. The number of carbonyl (C=O) groups is 1. The fraction of sp³-hybridized carbons (Fsp3) is 0.250. The molecule has 2 aromatic rings. The summed E-state index contributed by atoms with van der Waals surface area (Å²) >= 11 is 3.38. The normalized spacial score (nSPS) is 15.4. The second-order valence-corrected chi connectivity index (χ2v) is 6.78. The maximum atomic E-state index is 12.5. The minimum atomic E-state index is -0.129. The van der Waals surface area contributed by atoms with Crippen LogP contribution in [0.2, 0.25) is 0 Å². The number of rotatable bonds is 7. The largest absolute Gasteiger partial charge is 0.472 e. The van der Waals surface area contributed by atoms with E-state index in [1.54, 1.807) is 0 Å². The molecule has 1 aliphatic rings. The molecule has 1 N–H and O–H groups in total. The first-order valence-electron chi connectivity index (χ1n) is 8.11. The third kappa shape index (κ3) is 4.56. The van der Waals surface area contributed by atoms with E-state index >= 15 is 0 Å². The highest BCUT2D eigenvalue weighted by Gasteiger charge is 2.24. The fourth-order valence-corrected chi connectivity index (χ4v) is 2.65.